The van der Waals surface area contributed by atoms with Crippen LogP contribution in [0.15, 0.2) is 48.5 Å². The molecular weight excluding hydrogens is 372 g/mol. The molecule has 0 spiro atoms. The van der Waals surface area contributed by atoms with Gasteiger partial charge in [0.1, 0.15) is 5.15 Å². The molecule has 3 aromatic rings. The molecule has 1 unspecified atom stereocenters. The number of nitrogens with zero attached hydrogens (tertiary/aromatic N) is 2. The molecule has 1 heterocycles. The van der Waals surface area contributed by atoms with Gasteiger partial charge >= 0.3 is 0 Å². The van der Waals surface area contributed by atoms with Gasteiger partial charge in [0.15, 0.2) is 11.6 Å². The Morgan fingerprint density at radius 3 is 2.56 bits per heavy atom. The number of halogens is 3. The summed E-state index contributed by atoms with van der Waals surface area (Å²) in [5, 5.41) is 7.33. The molecular formula is C20H18ClF2N3O. The van der Waals surface area contributed by atoms with Crippen molar-refractivity contribution in [2.75, 3.05) is 0 Å². The Balaban J connectivity index is 1.79. The van der Waals surface area contributed by atoms with Crippen LogP contribution in [0.1, 0.15) is 40.1 Å². The lowest BCUT2D eigenvalue weighted by atomic mass is 10.1. The minimum absolute atomic E-state index is 0.228. The summed E-state index contributed by atoms with van der Waals surface area (Å²) < 4.78 is 28.1. The van der Waals surface area contributed by atoms with E-state index in [9.17, 15) is 13.6 Å². The summed E-state index contributed by atoms with van der Waals surface area (Å²) in [7, 11) is 0. The molecule has 2 aromatic carbocycles. The molecule has 1 amide bonds. The Bertz CT molecular complexity index is 973. The van der Waals surface area contributed by atoms with Gasteiger partial charge in [-0.25, -0.2) is 13.5 Å². The molecule has 0 fully saturated rings. The van der Waals surface area contributed by atoms with Crippen LogP contribution in [-0.4, -0.2) is 15.7 Å². The van der Waals surface area contributed by atoms with Crippen LogP contribution in [0.5, 0.6) is 0 Å². The van der Waals surface area contributed by atoms with Gasteiger partial charge < -0.3 is 5.32 Å². The molecule has 4 nitrogen and oxygen atoms in total. The minimum Gasteiger partial charge on any atom is -0.345 e. The van der Waals surface area contributed by atoms with E-state index in [1.165, 1.54) is 6.07 Å². The Kier molecular flexibility index (Phi) is 5.56. The molecule has 3 rings (SSSR count). The van der Waals surface area contributed by atoms with Crippen LogP contribution in [0.4, 0.5) is 8.78 Å². The van der Waals surface area contributed by atoms with E-state index in [-0.39, 0.29) is 10.7 Å². The van der Waals surface area contributed by atoms with Crippen LogP contribution in [0.2, 0.25) is 5.15 Å². The van der Waals surface area contributed by atoms with Crippen molar-refractivity contribution >= 4 is 17.5 Å². The Morgan fingerprint density at radius 2 is 1.89 bits per heavy atom. The molecule has 0 radical (unpaired) electrons. The summed E-state index contributed by atoms with van der Waals surface area (Å²) in [5.74, 6) is -2.31. The first-order chi connectivity index (χ1) is 12.9. The third-order valence-electron chi connectivity index (χ3n) is 4.26. The maximum atomic E-state index is 13.4. The maximum Gasteiger partial charge on any atom is 0.256 e. The molecule has 0 aliphatic carbocycles. The first-order valence-corrected chi connectivity index (χ1v) is 8.77. The number of amides is 1. The fourth-order valence-electron chi connectivity index (χ4n) is 2.81. The summed E-state index contributed by atoms with van der Waals surface area (Å²) >= 11 is 6.38. The second-order valence-electron chi connectivity index (χ2n) is 6.26. The first-order valence-electron chi connectivity index (χ1n) is 8.39. The highest BCUT2D eigenvalue weighted by Crippen LogP contribution is 2.23. The molecule has 1 atom stereocenters. The predicted octanol–water partition coefficient (Wildman–Crippen LogP) is 4.66. The summed E-state index contributed by atoms with van der Waals surface area (Å²) in [5.41, 5.74) is 2.21. The quantitative estimate of drug-likeness (QED) is 0.689. The van der Waals surface area contributed by atoms with Crippen LogP contribution in [0.3, 0.4) is 0 Å². The summed E-state index contributed by atoms with van der Waals surface area (Å²) in [4.78, 5) is 12.7. The van der Waals surface area contributed by atoms with Crippen molar-refractivity contribution in [1.82, 2.24) is 15.1 Å². The molecule has 0 aliphatic rings. The van der Waals surface area contributed by atoms with Crippen molar-refractivity contribution in [1.29, 1.82) is 0 Å². The van der Waals surface area contributed by atoms with Crippen molar-refractivity contribution in [3.8, 4) is 0 Å². The molecule has 0 saturated carbocycles. The van der Waals surface area contributed by atoms with Crippen molar-refractivity contribution in [2.24, 2.45) is 0 Å². The van der Waals surface area contributed by atoms with Gasteiger partial charge in [-0.2, -0.15) is 5.10 Å². The monoisotopic (exact) mass is 389 g/mol. The smallest absolute Gasteiger partial charge is 0.256 e. The zero-order chi connectivity index (χ0) is 19.6. The molecule has 0 aliphatic heterocycles. The second kappa shape index (κ2) is 7.88. The highest BCUT2D eigenvalue weighted by Gasteiger charge is 2.22. The highest BCUT2D eigenvalue weighted by molar-refractivity contribution is 6.33. The van der Waals surface area contributed by atoms with Crippen molar-refractivity contribution in [3.05, 3.63) is 87.7 Å². The van der Waals surface area contributed by atoms with Gasteiger partial charge in [-0.05, 0) is 37.1 Å². The lowest BCUT2D eigenvalue weighted by molar-refractivity contribution is 0.0939. The molecule has 0 saturated heterocycles. The van der Waals surface area contributed by atoms with E-state index in [4.69, 9.17) is 11.6 Å². The van der Waals surface area contributed by atoms with Crippen molar-refractivity contribution in [2.45, 2.75) is 26.4 Å². The van der Waals surface area contributed by atoms with Crippen molar-refractivity contribution < 1.29 is 13.6 Å². The molecule has 27 heavy (non-hydrogen) atoms. The number of carbonyl (C=O) groups excluding carboxylic acids is 1. The van der Waals surface area contributed by atoms with E-state index in [2.05, 4.69) is 10.4 Å². The molecule has 1 aromatic heterocycles. The van der Waals surface area contributed by atoms with E-state index >= 15 is 0 Å². The van der Waals surface area contributed by atoms with Crippen LogP contribution in [0.25, 0.3) is 0 Å². The number of rotatable bonds is 5. The van der Waals surface area contributed by atoms with E-state index < -0.39 is 23.6 Å². The normalized spacial score (nSPS) is 12.0. The highest BCUT2D eigenvalue weighted by atomic mass is 35.5. The zero-order valence-corrected chi connectivity index (χ0v) is 15.6. The van der Waals surface area contributed by atoms with Gasteiger partial charge in [0.2, 0.25) is 0 Å². The average Bonchev–Trinajstić information content (AvgIpc) is 2.91. The number of hydrogen-bond donors (Lipinski definition) is 1. The van der Waals surface area contributed by atoms with Crippen LogP contribution < -0.4 is 5.32 Å². The average molecular weight is 390 g/mol. The fourth-order valence-corrected chi connectivity index (χ4v) is 3.13. The summed E-state index contributed by atoms with van der Waals surface area (Å²) in [6, 6.07) is 12.6. The number of aromatic nitrogens is 2. The van der Waals surface area contributed by atoms with Crippen LogP contribution >= 0.6 is 11.6 Å². The number of benzene rings is 2. The number of hydrogen-bond acceptors (Lipinski definition) is 2. The van der Waals surface area contributed by atoms with Gasteiger partial charge in [0.25, 0.3) is 5.91 Å². The molecule has 0 bridgehead atoms. The molecule has 1 N–H and O–H groups in total. The number of carbonyl (C=O) groups is 1. The fraction of sp³-hybridized carbons (Fsp3) is 0.200. The van der Waals surface area contributed by atoms with Gasteiger partial charge in [-0.1, -0.05) is 48.0 Å². The van der Waals surface area contributed by atoms with E-state index in [0.29, 0.717) is 17.8 Å². The second-order valence-corrected chi connectivity index (χ2v) is 6.62. The number of aryl methyl sites for hydroxylation is 1. The number of nitrogens with one attached hydrogen (secondary N) is 1. The largest absolute Gasteiger partial charge is 0.345 e. The lowest BCUT2D eigenvalue weighted by Crippen LogP contribution is -2.27. The van der Waals surface area contributed by atoms with Gasteiger partial charge in [0, 0.05) is 0 Å². The van der Waals surface area contributed by atoms with Gasteiger partial charge in [-0.3, -0.25) is 4.79 Å². The van der Waals surface area contributed by atoms with E-state index in [1.54, 1.807) is 18.5 Å². The third kappa shape index (κ3) is 4.17. The van der Waals surface area contributed by atoms with Crippen molar-refractivity contribution in [3.63, 3.8) is 0 Å². The maximum absolute atomic E-state index is 13.4. The topological polar surface area (TPSA) is 46.9 Å². The van der Waals surface area contributed by atoms with Gasteiger partial charge in [-0.15, -0.1) is 0 Å². The molecule has 140 valence electrons. The lowest BCUT2D eigenvalue weighted by Gasteiger charge is -2.14. The standard InChI is InChI=1S/C20H18ClF2N3O/c1-12(15-8-9-16(22)17(23)10-15)24-20(27)18-13(2)25-26(19(18)21)11-14-6-4-3-5-7-14/h3-10,12H,11H2,1-2H3,(H,24,27). The SMILES string of the molecule is Cc1nn(Cc2ccccc2)c(Cl)c1C(=O)NC(C)c1ccc(F)c(F)c1. The van der Waals surface area contributed by atoms with E-state index in [1.807, 2.05) is 30.3 Å². The summed E-state index contributed by atoms with van der Waals surface area (Å²) in [6.07, 6.45) is 0. The Labute approximate surface area is 160 Å². The van der Waals surface area contributed by atoms with Gasteiger partial charge in [0.05, 0.1) is 23.8 Å². The third-order valence-corrected chi connectivity index (χ3v) is 4.64. The van der Waals surface area contributed by atoms with E-state index in [0.717, 1.165) is 17.7 Å². The Morgan fingerprint density at radius 1 is 1.19 bits per heavy atom. The predicted molar refractivity (Wildman–Crippen MR) is 99.8 cm³/mol. The Hall–Kier alpha value is -2.73. The molecule has 7 heteroatoms. The van der Waals surface area contributed by atoms with Crippen LogP contribution in [-0.2, 0) is 6.54 Å². The summed E-state index contributed by atoms with van der Waals surface area (Å²) in [6.45, 7) is 3.82. The minimum atomic E-state index is -0.960. The zero-order valence-electron chi connectivity index (χ0n) is 14.8. The first kappa shape index (κ1) is 19.0. The van der Waals surface area contributed by atoms with Crippen LogP contribution in [0, 0.1) is 18.6 Å².